The molecule has 4 aromatic rings. The smallest absolute Gasteiger partial charge is 0.278 e. The van der Waals surface area contributed by atoms with Crippen LogP contribution in [-0.2, 0) is 0 Å². The molecule has 0 fully saturated rings. The summed E-state index contributed by atoms with van der Waals surface area (Å²) >= 11 is 12.0. The molecule has 8 heteroatoms. The summed E-state index contributed by atoms with van der Waals surface area (Å²) in [4.78, 5) is 12.7. The van der Waals surface area contributed by atoms with E-state index in [0.717, 1.165) is 16.8 Å². The van der Waals surface area contributed by atoms with Crippen molar-refractivity contribution < 1.29 is 4.79 Å². The van der Waals surface area contributed by atoms with Crippen molar-refractivity contribution in [1.29, 1.82) is 0 Å². The minimum Gasteiger partial charge on any atom is -0.320 e. The average Bonchev–Trinajstić information content (AvgIpc) is 3.00. The van der Waals surface area contributed by atoms with Crippen molar-refractivity contribution in [3.8, 4) is 11.1 Å². The maximum atomic E-state index is 12.7. The van der Waals surface area contributed by atoms with E-state index in [4.69, 9.17) is 23.2 Å². The number of fused-ring (bicyclic) bond motifs is 1. The maximum absolute atomic E-state index is 12.7. The summed E-state index contributed by atoms with van der Waals surface area (Å²) in [5.74, 6) is -0.379. The zero-order valence-corrected chi connectivity index (χ0v) is 16.6. The standard InChI is InChI=1S/C20H15Cl2N5O/c1-11-17(13-6-8-14(21)9-7-13)19-25-24-18(12(2)27(19)26-11)20(28)23-16-5-3-4-15(22)10-16/h3-10H,1-2H3,(H,23,28). The highest BCUT2D eigenvalue weighted by atomic mass is 35.5. The highest BCUT2D eigenvalue weighted by Gasteiger charge is 2.20. The molecule has 0 atom stereocenters. The predicted octanol–water partition coefficient (Wildman–Crippen LogP) is 4.97. The van der Waals surface area contributed by atoms with E-state index >= 15 is 0 Å². The van der Waals surface area contributed by atoms with Gasteiger partial charge in [0.15, 0.2) is 11.3 Å². The Kier molecular flexibility index (Phi) is 4.75. The molecule has 0 aliphatic heterocycles. The number of nitrogens with one attached hydrogen (secondary N) is 1. The third-order valence-corrected chi connectivity index (χ3v) is 4.86. The predicted molar refractivity (Wildman–Crippen MR) is 110 cm³/mol. The van der Waals surface area contributed by atoms with Gasteiger partial charge in [-0.25, -0.2) is 4.52 Å². The fraction of sp³-hybridized carbons (Fsp3) is 0.100. The Morgan fingerprint density at radius 2 is 1.75 bits per heavy atom. The third-order valence-electron chi connectivity index (χ3n) is 4.37. The van der Waals surface area contributed by atoms with Gasteiger partial charge in [0.2, 0.25) is 0 Å². The first-order valence-electron chi connectivity index (χ1n) is 8.49. The van der Waals surface area contributed by atoms with E-state index in [1.807, 2.05) is 31.2 Å². The van der Waals surface area contributed by atoms with E-state index < -0.39 is 0 Å². The Morgan fingerprint density at radius 3 is 2.46 bits per heavy atom. The van der Waals surface area contributed by atoms with E-state index in [9.17, 15) is 4.79 Å². The first-order valence-corrected chi connectivity index (χ1v) is 9.25. The number of aromatic nitrogens is 4. The van der Waals surface area contributed by atoms with Crippen LogP contribution < -0.4 is 5.32 Å². The third kappa shape index (κ3) is 3.32. The second-order valence-corrected chi connectivity index (χ2v) is 7.17. The maximum Gasteiger partial charge on any atom is 0.278 e. The molecule has 140 valence electrons. The van der Waals surface area contributed by atoms with Crippen LogP contribution in [0, 0.1) is 13.8 Å². The van der Waals surface area contributed by atoms with Crippen molar-refractivity contribution in [1.82, 2.24) is 19.8 Å². The molecule has 0 saturated heterocycles. The van der Waals surface area contributed by atoms with Crippen LogP contribution in [0.15, 0.2) is 48.5 Å². The van der Waals surface area contributed by atoms with Gasteiger partial charge in [-0.15, -0.1) is 10.2 Å². The van der Waals surface area contributed by atoms with Gasteiger partial charge in [-0.05, 0) is 49.7 Å². The molecule has 2 heterocycles. The van der Waals surface area contributed by atoms with Gasteiger partial charge in [0.1, 0.15) is 0 Å². The Balaban J connectivity index is 1.75. The topological polar surface area (TPSA) is 72.2 Å². The quantitative estimate of drug-likeness (QED) is 0.516. The molecule has 4 rings (SSSR count). The van der Waals surface area contributed by atoms with E-state index in [0.29, 0.717) is 27.1 Å². The highest BCUT2D eigenvalue weighted by Crippen LogP contribution is 2.28. The van der Waals surface area contributed by atoms with Gasteiger partial charge in [0, 0.05) is 15.7 Å². The molecule has 2 aromatic carbocycles. The lowest BCUT2D eigenvalue weighted by Crippen LogP contribution is -2.18. The number of carbonyl (C=O) groups is 1. The van der Waals surface area contributed by atoms with E-state index in [2.05, 4.69) is 20.6 Å². The summed E-state index contributed by atoms with van der Waals surface area (Å²) in [5.41, 5.74) is 4.52. The summed E-state index contributed by atoms with van der Waals surface area (Å²) in [6, 6.07) is 14.3. The highest BCUT2D eigenvalue weighted by molar-refractivity contribution is 6.31. The SMILES string of the molecule is Cc1nn2c(C)c(C(=O)Nc3cccc(Cl)c3)nnc2c1-c1ccc(Cl)cc1. The van der Waals surface area contributed by atoms with Crippen LogP contribution in [0.25, 0.3) is 16.8 Å². The van der Waals surface area contributed by atoms with Crippen molar-refractivity contribution >= 4 is 40.4 Å². The van der Waals surface area contributed by atoms with Gasteiger partial charge >= 0.3 is 0 Å². The molecule has 1 N–H and O–H groups in total. The molecular weight excluding hydrogens is 397 g/mol. The van der Waals surface area contributed by atoms with E-state index in [1.54, 1.807) is 35.7 Å². The van der Waals surface area contributed by atoms with Gasteiger partial charge in [-0.3, -0.25) is 4.79 Å². The van der Waals surface area contributed by atoms with Crippen molar-refractivity contribution in [2.24, 2.45) is 0 Å². The Bertz CT molecular complexity index is 1200. The number of amides is 1. The second-order valence-electron chi connectivity index (χ2n) is 6.30. The van der Waals surface area contributed by atoms with Gasteiger partial charge in [-0.2, -0.15) is 5.10 Å². The number of carbonyl (C=O) groups excluding carboxylic acids is 1. The molecule has 0 aliphatic rings. The molecule has 0 aliphatic carbocycles. The molecule has 1 amide bonds. The summed E-state index contributed by atoms with van der Waals surface area (Å²) in [6.45, 7) is 3.68. The monoisotopic (exact) mass is 411 g/mol. The van der Waals surface area contributed by atoms with Crippen LogP contribution in [0.5, 0.6) is 0 Å². The molecule has 0 bridgehead atoms. The largest absolute Gasteiger partial charge is 0.320 e. The number of anilines is 1. The number of rotatable bonds is 3. The minimum absolute atomic E-state index is 0.192. The Morgan fingerprint density at radius 1 is 1.00 bits per heavy atom. The number of halogens is 2. The van der Waals surface area contributed by atoms with Crippen LogP contribution >= 0.6 is 23.2 Å². The number of aryl methyl sites for hydroxylation is 2. The number of hydrogen-bond donors (Lipinski definition) is 1. The molecule has 2 aromatic heterocycles. The molecule has 0 saturated carbocycles. The summed E-state index contributed by atoms with van der Waals surface area (Å²) in [6.07, 6.45) is 0. The normalized spacial score (nSPS) is 11.0. The van der Waals surface area contributed by atoms with Crippen LogP contribution in [-0.4, -0.2) is 25.7 Å². The van der Waals surface area contributed by atoms with E-state index in [-0.39, 0.29) is 11.6 Å². The fourth-order valence-corrected chi connectivity index (χ4v) is 3.35. The van der Waals surface area contributed by atoms with Crippen LogP contribution in [0.4, 0.5) is 5.69 Å². The molecule has 0 spiro atoms. The average molecular weight is 412 g/mol. The lowest BCUT2D eigenvalue weighted by atomic mass is 10.1. The Labute approximate surface area is 171 Å². The lowest BCUT2D eigenvalue weighted by Gasteiger charge is -2.08. The molecular formula is C20H15Cl2N5O. The first-order chi connectivity index (χ1) is 13.4. The minimum atomic E-state index is -0.379. The van der Waals surface area contributed by atoms with Crippen molar-refractivity contribution in [2.75, 3.05) is 5.32 Å². The van der Waals surface area contributed by atoms with Crippen molar-refractivity contribution in [3.05, 3.63) is 75.7 Å². The van der Waals surface area contributed by atoms with Crippen molar-refractivity contribution in [3.63, 3.8) is 0 Å². The Hall–Kier alpha value is -2.96. The van der Waals surface area contributed by atoms with Gasteiger partial charge in [0.25, 0.3) is 5.91 Å². The zero-order chi connectivity index (χ0) is 19.8. The molecule has 6 nitrogen and oxygen atoms in total. The fourth-order valence-electron chi connectivity index (χ4n) is 3.03. The molecule has 0 radical (unpaired) electrons. The lowest BCUT2D eigenvalue weighted by molar-refractivity contribution is 0.102. The summed E-state index contributed by atoms with van der Waals surface area (Å²) in [5, 5.41) is 17.0. The molecule has 28 heavy (non-hydrogen) atoms. The van der Waals surface area contributed by atoms with Crippen LogP contribution in [0.2, 0.25) is 10.0 Å². The molecule has 0 unspecified atom stereocenters. The first kappa shape index (κ1) is 18.4. The van der Waals surface area contributed by atoms with Gasteiger partial charge in [-0.1, -0.05) is 41.4 Å². The number of benzene rings is 2. The van der Waals surface area contributed by atoms with Gasteiger partial charge in [0.05, 0.1) is 17.0 Å². The van der Waals surface area contributed by atoms with E-state index in [1.165, 1.54) is 0 Å². The van der Waals surface area contributed by atoms with Crippen molar-refractivity contribution in [2.45, 2.75) is 13.8 Å². The summed E-state index contributed by atoms with van der Waals surface area (Å²) < 4.78 is 1.64. The number of hydrogen-bond acceptors (Lipinski definition) is 4. The number of nitrogens with zero attached hydrogens (tertiary/aromatic N) is 4. The second kappa shape index (κ2) is 7.22. The summed E-state index contributed by atoms with van der Waals surface area (Å²) in [7, 11) is 0. The van der Waals surface area contributed by atoms with Crippen LogP contribution in [0.1, 0.15) is 21.9 Å². The van der Waals surface area contributed by atoms with Gasteiger partial charge < -0.3 is 5.32 Å². The van der Waals surface area contributed by atoms with Crippen LogP contribution in [0.3, 0.4) is 0 Å². The zero-order valence-electron chi connectivity index (χ0n) is 15.1.